The molecule has 2 aliphatic carbocycles. The summed E-state index contributed by atoms with van der Waals surface area (Å²) >= 11 is 0. The quantitative estimate of drug-likeness (QED) is 0.102. The molecule has 0 bridgehead atoms. The average molecular weight is 866 g/mol. The van der Waals surface area contributed by atoms with E-state index in [2.05, 4.69) is 119 Å². The second kappa shape index (κ2) is 17.8. The summed E-state index contributed by atoms with van der Waals surface area (Å²) in [6.45, 7) is 9.09. The number of hydrogen-bond donors (Lipinski definition) is 0. The summed E-state index contributed by atoms with van der Waals surface area (Å²) in [7, 11) is 5.06. The molecule has 0 aromatic heterocycles. The summed E-state index contributed by atoms with van der Waals surface area (Å²) < 4.78 is 39.6. The Morgan fingerprint density at radius 1 is 0.500 bits per heavy atom. The summed E-state index contributed by atoms with van der Waals surface area (Å²) in [5.74, 6) is 3.37. The first-order valence-corrected chi connectivity index (χ1v) is 23.9. The Hall–Kier alpha value is -6.16. The van der Waals surface area contributed by atoms with Gasteiger partial charge in [0.2, 0.25) is 0 Å². The lowest BCUT2D eigenvalue weighted by atomic mass is 9.81. The van der Waals surface area contributed by atoms with Gasteiger partial charge in [-0.3, -0.25) is 0 Å². The third-order valence-electron chi connectivity index (χ3n) is 13.2. The molecule has 0 N–H and O–H groups in total. The highest BCUT2D eigenvalue weighted by Gasteiger charge is 2.36. The Morgan fingerprint density at radius 2 is 0.938 bits per heavy atom. The van der Waals surface area contributed by atoms with E-state index in [-0.39, 0.29) is 11.3 Å². The van der Waals surface area contributed by atoms with Crippen LogP contribution in [0, 0.1) is 11.3 Å². The summed E-state index contributed by atoms with van der Waals surface area (Å²) in [6, 6.07) is 45.3. The molecule has 2 aliphatic rings. The van der Waals surface area contributed by atoms with Gasteiger partial charge in [-0.05, 0) is 127 Å². The average Bonchev–Trinajstić information content (AvgIpc) is 3.86. The van der Waals surface area contributed by atoms with Crippen LogP contribution < -0.4 is 24.3 Å². The Bertz CT molecular complexity index is 2880. The zero-order chi connectivity index (χ0) is 44.7. The largest absolute Gasteiger partial charge is 0.496 e. The molecule has 0 saturated heterocycles. The second-order valence-electron chi connectivity index (χ2n) is 18.7. The number of fused-ring (bicyclic) bond motifs is 6. The lowest BCUT2D eigenvalue weighted by molar-refractivity contribution is 0.322. The molecule has 0 aliphatic heterocycles. The number of hydrogen-bond acceptors (Lipinski definition) is 5. The van der Waals surface area contributed by atoms with Gasteiger partial charge in [0, 0.05) is 35.4 Å². The minimum atomic E-state index is -1.84. The molecule has 5 nitrogen and oxygen atoms in total. The van der Waals surface area contributed by atoms with Gasteiger partial charge in [-0.15, -0.1) is 0 Å². The van der Waals surface area contributed by atoms with Gasteiger partial charge in [0.25, 0.3) is 0 Å². The van der Waals surface area contributed by atoms with Crippen molar-refractivity contribution in [2.24, 2.45) is 11.3 Å². The standard InChI is InChI=1S/C58H58O5P/c1-36(34-58(2,3)4)35-64(59)54-25-13-20-45(55-39(32-48-50(60-5)21-14-22-51(48)61-6)26-28-43-41-18-11-9-16-37(41)30-46(43)55)57(54)56-40(33-49-52(62-7)23-15-24-53(49)63-8)27-29-44-42-19-12-10-17-38(42)31-47(44)56/h9-29,36H,30-35H2,1-8H3/q+1. The maximum absolute atomic E-state index is 15.5. The molecule has 0 saturated carbocycles. The lowest BCUT2D eigenvalue weighted by Gasteiger charge is -2.24. The highest BCUT2D eigenvalue weighted by Crippen LogP contribution is 2.52. The van der Waals surface area contributed by atoms with Gasteiger partial charge in [0.1, 0.15) is 23.0 Å². The van der Waals surface area contributed by atoms with Crippen molar-refractivity contribution in [3.8, 4) is 67.5 Å². The van der Waals surface area contributed by atoms with E-state index in [4.69, 9.17) is 18.9 Å². The Balaban J connectivity index is 1.37. The number of rotatable bonds is 14. The van der Waals surface area contributed by atoms with Crippen molar-refractivity contribution in [2.75, 3.05) is 34.6 Å². The molecular weight excluding hydrogens is 808 g/mol. The number of methoxy groups -OCH3 is 4. The van der Waals surface area contributed by atoms with E-state index in [1.165, 1.54) is 50.1 Å². The van der Waals surface area contributed by atoms with E-state index in [0.29, 0.717) is 19.0 Å². The van der Waals surface area contributed by atoms with E-state index in [9.17, 15) is 0 Å². The molecule has 2 atom stereocenters. The molecule has 7 aromatic rings. The van der Waals surface area contributed by atoms with E-state index in [0.717, 1.165) is 86.5 Å². The minimum Gasteiger partial charge on any atom is -0.496 e. The van der Waals surface area contributed by atoms with E-state index in [1.54, 1.807) is 28.4 Å². The Kier molecular flexibility index (Phi) is 12.0. The maximum Gasteiger partial charge on any atom is 0.377 e. The topological polar surface area (TPSA) is 54.0 Å². The van der Waals surface area contributed by atoms with Crippen LogP contribution in [0.1, 0.15) is 78.6 Å². The zero-order valence-corrected chi connectivity index (χ0v) is 39.3. The normalized spacial score (nSPS) is 13.1. The third-order valence-corrected chi connectivity index (χ3v) is 15.1. The van der Waals surface area contributed by atoms with Crippen LogP contribution in [-0.2, 0) is 30.2 Å². The molecule has 0 amide bonds. The van der Waals surface area contributed by atoms with E-state index < -0.39 is 7.80 Å². The van der Waals surface area contributed by atoms with Gasteiger partial charge >= 0.3 is 7.80 Å². The van der Waals surface area contributed by atoms with Gasteiger partial charge < -0.3 is 18.9 Å². The highest BCUT2D eigenvalue weighted by atomic mass is 31.1. The molecule has 0 heterocycles. The second-order valence-corrected chi connectivity index (χ2v) is 20.3. The van der Waals surface area contributed by atoms with Crippen LogP contribution in [0.25, 0.3) is 44.5 Å². The van der Waals surface area contributed by atoms with Crippen molar-refractivity contribution < 1.29 is 23.5 Å². The summed E-state index contributed by atoms with van der Waals surface area (Å²) in [6.07, 6.45) is 4.27. The number of ether oxygens (including phenoxy) is 4. The van der Waals surface area contributed by atoms with Gasteiger partial charge in [-0.1, -0.05) is 129 Å². The summed E-state index contributed by atoms with van der Waals surface area (Å²) in [5.41, 5.74) is 19.0. The van der Waals surface area contributed by atoms with Crippen LogP contribution in [0.5, 0.6) is 23.0 Å². The third kappa shape index (κ3) is 8.01. The molecule has 0 radical (unpaired) electrons. The van der Waals surface area contributed by atoms with Crippen molar-refractivity contribution in [1.29, 1.82) is 0 Å². The van der Waals surface area contributed by atoms with E-state index >= 15 is 4.57 Å². The zero-order valence-electron chi connectivity index (χ0n) is 38.4. The van der Waals surface area contributed by atoms with Gasteiger partial charge in [0.05, 0.1) is 28.4 Å². The fourth-order valence-electron chi connectivity index (χ4n) is 10.8. The fourth-order valence-corrected chi connectivity index (χ4v) is 12.4. The summed E-state index contributed by atoms with van der Waals surface area (Å²) in [4.78, 5) is 0. The molecule has 9 rings (SSSR count). The lowest BCUT2D eigenvalue weighted by Crippen LogP contribution is -2.16. The molecular formula is C58H58O5P+. The molecule has 2 unspecified atom stereocenters. The predicted octanol–water partition coefficient (Wildman–Crippen LogP) is 13.9. The first-order valence-electron chi connectivity index (χ1n) is 22.5. The van der Waals surface area contributed by atoms with Crippen LogP contribution in [0.2, 0.25) is 0 Å². The summed E-state index contributed by atoms with van der Waals surface area (Å²) in [5, 5.41) is 0.903. The molecule has 7 aromatic carbocycles. The molecule has 324 valence electrons. The van der Waals surface area contributed by atoms with Gasteiger partial charge in [0.15, 0.2) is 11.5 Å². The van der Waals surface area contributed by atoms with Crippen molar-refractivity contribution in [3.05, 3.63) is 172 Å². The van der Waals surface area contributed by atoms with Crippen LogP contribution in [0.15, 0.2) is 127 Å². The minimum absolute atomic E-state index is 0.112. The molecule has 6 heteroatoms. The predicted molar refractivity (Wildman–Crippen MR) is 264 cm³/mol. The SMILES string of the molecule is COc1cccc(OC)c1Cc1ccc2c(c1-c1cccc([P+](=O)CC(C)CC(C)(C)C)c1-c1c(Cc3c(OC)cccc3OC)ccc3c1Cc1ccccc1-3)Cc1ccccc1-2. The number of benzene rings is 7. The van der Waals surface area contributed by atoms with Gasteiger partial charge in [-0.2, -0.15) is 0 Å². The van der Waals surface area contributed by atoms with Crippen LogP contribution in [0.4, 0.5) is 0 Å². The van der Waals surface area contributed by atoms with Crippen LogP contribution >= 0.6 is 7.80 Å². The molecule has 64 heavy (non-hydrogen) atoms. The van der Waals surface area contributed by atoms with Crippen LogP contribution in [0.3, 0.4) is 0 Å². The first kappa shape index (κ1) is 43.1. The van der Waals surface area contributed by atoms with Crippen molar-refractivity contribution >= 4 is 13.1 Å². The van der Waals surface area contributed by atoms with Gasteiger partial charge in [-0.25, -0.2) is 0 Å². The van der Waals surface area contributed by atoms with Crippen LogP contribution in [-0.4, -0.2) is 34.6 Å². The molecule has 0 fully saturated rings. The van der Waals surface area contributed by atoms with Crippen molar-refractivity contribution in [3.63, 3.8) is 0 Å². The Labute approximate surface area is 380 Å². The van der Waals surface area contributed by atoms with Crippen molar-refractivity contribution in [1.82, 2.24) is 0 Å². The maximum atomic E-state index is 15.5. The van der Waals surface area contributed by atoms with E-state index in [1.807, 2.05) is 36.4 Å². The first-order chi connectivity index (χ1) is 31.0. The van der Waals surface area contributed by atoms with Crippen molar-refractivity contribution in [2.45, 2.75) is 59.8 Å². The monoisotopic (exact) mass is 865 g/mol. The fraction of sp³-hybridized carbons (Fsp3) is 0.276. The smallest absolute Gasteiger partial charge is 0.377 e. The molecule has 0 spiro atoms. The highest BCUT2D eigenvalue weighted by molar-refractivity contribution is 7.53. The Morgan fingerprint density at radius 3 is 1.42 bits per heavy atom.